The summed E-state index contributed by atoms with van der Waals surface area (Å²) in [6.45, 7) is 4.15. The number of nitrogens with zero attached hydrogens (tertiary/aromatic N) is 1. The van der Waals surface area contributed by atoms with Crippen molar-refractivity contribution in [3.63, 3.8) is 0 Å². The van der Waals surface area contributed by atoms with E-state index in [4.69, 9.17) is 5.11 Å². The lowest BCUT2D eigenvalue weighted by molar-refractivity contribution is -0.140. The second-order valence-corrected chi connectivity index (χ2v) is 4.41. The summed E-state index contributed by atoms with van der Waals surface area (Å²) in [6.07, 6.45) is 5.62. The third-order valence-corrected chi connectivity index (χ3v) is 2.83. The van der Waals surface area contributed by atoms with Gasteiger partial charge in [0.2, 0.25) is 5.91 Å². The van der Waals surface area contributed by atoms with E-state index >= 15 is 0 Å². The quantitative estimate of drug-likeness (QED) is 0.724. The molecule has 0 aromatic heterocycles. The topological polar surface area (TPSA) is 57.6 Å². The van der Waals surface area contributed by atoms with Gasteiger partial charge >= 0.3 is 5.97 Å². The lowest BCUT2D eigenvalue weighted by atomic mass is 10.0. The van der Waals surface area contributed by atoms with Crippen LogP contribution in [0, 0.1) is 5.92 Å². The fourth-order valence-electron chi connectivity index (χ4n) is 1.89. The van der Waals surface area contributed by atoms with Gasteiger partial charge in [-0.2, -0.15) is 0 Å². The molecule has 1 amide bonds. The van der Waals surface area contributed by atoms with Crippen LogP contribution in [0.15, 0.2) is 12.2 Å². The highest BCUT2D eigenvalue weighted by Crippen LogP contribution is 2.21. The van der Waals surface area contributed by atoms with Crippen LogP contribution in [0.25, 0.3) is 0 Å². The highest BCUT2D eigenvalue weighted by molar-refractivity contribution is 5.80. The first kappa shape index (κ1) is 12.7. The molecule has 0 heterocycles. The van der Waals surface area contributed by atoms with Crippen molar-refractivity contribution in [2.24, 2.45) is 5.92 Å². The molecule has 90 valence electrons. The van der Waals surface area contributed by atoms with E-state index in [-0.39, 0.29) is 24.3 Å². The van der Waals surface area contributed by atoms with Crippen LogP contribution in [0.1, 0.15) is 33.1 Å². The number of carboxylic acid groups (broad SMARTS) is 1. The number of carbonyl (C=O) groups is 2. The molecule has 4 heteroatoms. The van der Waals surface area contributed by atoms with Crippen molar-refractivity contribution in [2.75, 3.05) is 6.54 Å². The summed E-state index contributed by atoms with van der Waals surface area (Å²) >= 11 is 0. The summed E-state index contributed by atoms with van der Waals surface area (Å²) in [5.41, 5.74) is 0. The molecule has 0 unspecified atom stereocenters. The predicted molar refractivity (Wildman–Crippen MR) is 61.0 cm³/mol. The molecule has 0 saturated heterocycles. The standard InChI is InChI=1S/C12H19NO3/c1-9(2)13(8-7-11(14)15)12(16)10-5-3-4-6-10/h3-4,9-10H,5-8H2,1-2H3,(H,14,15). The molecular formula is C12H19NO3. The van der Waals surface area contributed by atoms with Gasteiger partial charge in [-0.05, 0) is 26.7 Å². The summed E-state index contributed by atoms with van der Waals surface area (Å²) in [6, 6.07) is 0.0625. The van der Waals surface area contributed by atoms with E-state index < -0.39 is 5.97 Å². The molecule has 1 N–H and O–H groups in total. The average molecular weight is 225 g/mol. The molecule has 0 aliphatic heterocycles. The first-order chi connectivity index (χ1) is 7.52. The lowest BCUT2D eigenvalue weighted by Crippen LogP contribution is -2.41. The van der Waals surface area contributed by atoms with Crippen molar-refractivity contribution in [3.8, 4) is 0 Å². The SMILES string of the molecule is CC(C)N(CCC(=O)O)C(=O)C1CC=CC1. The summed E-state index contributed by atoms with van der Waals surface area (Å²) in [7, 11) is 0. The van der Waals surface area contributed by atoms with Gasteiger partial charge in [-0.1, -0.05) is 12.2 Å². The van der Waals surface area contributed by atoms with Gasteiger partial charge in [0.05, 0.1) is 6.42 Å². The van der Waals surface area contributed by atoms with Crippen molar-refractivity contribution < 1.29 is 14.7 Å². The zero-order valence-corrected chi connectivity index (χ0v) is 9.85. The van der Waals surface area contributed by atoms with Crippen LogP contribution in [0.2, 0.25) is 0 Å². The molecule has 0 radical (unpaired) electrons. The number of amides is 1. The smallest absolute Gasteiger partial charge is 0.305 e. The minimum atomic E-state index is -0.858. The number of carboxylic acids is 1. The summed E-state index contributed by atoms with van der Waals surface area (Å²) in [5, 5.41) is 8.64. The van der Waals surface area contributed by atoms with Crippen LogP contribution in [0.3, 0.4) is 0 Å². The number of allylic oxidation sites excluding steroid dienone is 2. The maximum absolute atomic E-state index is 12.1. The van der Waals surface area contributed by atoms with Crippen LogP contribution < -0.4 is 0 Å². The summed E-state index contributed by atoms with van der Waals surface area (Å²) < 4.78 is 0. The van der Waals surface area contributed by atoms with E-state index in [1.54, 1.807) is 4.90 Å². The Hall–Kier alpha value is -1.32. The highest BCUT2D eigenvalue weighted by atomic mass is 16.4. The van der Waals surface area contributed by atoms with Gasteiger partial charge in [0, 0.05) is 18.5 Å². The number of hydrogen-bond acceptors (Lipinski definition) is 2. The first-order valence-electron chi connectivity index (χ1n) is 5.69. The molecule has 0 saturated carbocycles. The lowest BCUT2D eigenvalue weighted by Gasteiger charge is -2.28. The van der Waals surface area contributed by atoms with E-state index in [0.717, 1.165) is 12.8 Å². The fourth-order valence-corrected chi connectivity index (χ4v) is 1.89. The van der Waals surface area contributed by atoms with Crippen LogP contribution in [0.4, 0.5) is 0 Å². The number of rotatable bonds is 5. The maximum Gasteiger partial charge on any atom is 0.305 e. The summed E-state index contributed by atoms with van der Waals surface area (Å²) in [5.74, 6) is -0.750. The van der Waals surface area contributed by atoms with Crippen molar-refractivity contribution in [1.82, 2.24) is 4.90 Å². The molecule has 0 fully saturated rings. The van der Waals surface area contributed by atoms with E-state index in [0.29, 0.717) is 6.54 Å². The molecule has 0 spiro atoms. The van der Waals surface area contributed by atoms with E-state index in [1.165, 1.54) is 0 Å². The Morgan fingerprint density at radius 2 is 1.94 bits per heavy atom. The first-order valence-corrected chi connectivity index (χ1v) is 5.69. The van der Waals surface area contributed by atoms with Gasteiger partial charge in [0.25, 0.3) is 0 Å². The number of hydrogen-bond donors (Lipinski definition) is 1. The van der Waals surface area contributed by atoms with Crippen LogP contribution in [-0.2, 0) is 9.59 Å². The highest BCUT2D eigenvalue weighted by Gasteiger charge is 2.26. The Morgan fingerprint density at radius 3 is 2.38 bits per heavy atom. The Morgan fingerprint density at radius 1 is 1.38 bits per heavy atom. The Balaban J connectivity index is 2.54. The minimum absolute atomic E-state index is 0.0179. The average Bonchev–Trinajstić information content (AvgIpc) is 2.69. The molecule has 0 aromatic carbocycles. The molecule has 4 nitrogen and oxygen atoms in total. The number of carbonyl (C=O) groups excluding carboxylic acids is 1. The monoisotopic (exact) mass is 225 g/mol. The number of aliphatic carboxylic acids is 1. The maximum atomic E-state index is 12.1. The predicted octanol–water partition coefficient (Wildman–Crippen LogP) is 1.66. The van der Waals surface area contributed by atoms with Gasteiger partial charge < -0.3 is 10.0 Å². The van der Waals surface area contributed by atoms with E-state index in [9.17, 15) is 9.59 Å². The molecule has 1 aliphatic carbocycles. The zero-order chi connectivity index (χ0) is 12.1. The largest absolute Gasteiger partial charge is 0.481 e. The second kappa shape index (κ2) is 5.68. The van der Waals surface area contributed by atoms with E-state index in [2.05, 4.69) is 0 Å². The van der Waals surface area contributed by atoms with Gasteiger partial charge in [0.1, 0.15) is 0 Å². The normalized spacial score (nSPS) is 15.7. The van der Waals surface area contributed by atoms with Crippen LogP contribution in [-0.4, -0.2) is 34.5 Å². The molecule has 1 rings (SSSR count). The third kappa shape index (κ3) is 3.36. The molecule has 16 heavy (non-hydrogen) atoms. The van der Waals surface area contributed by atoms with Gasteiger partial charge in [-0.15, -0.1) is 0 Å². The van der Waals surface area contributed by atoms with Crippen molar-refractivity contribution >= 4 is 11.9 Å². The van der Waals surface area contributed by atoms with E-state index in [1.807, 2.05) is 26.0 Å². The van der Waals surface area contributed by atoms with Crippen molar-refractivity contribution in [1.29, 1.82) is 0 Å². The summed E-state index contributed by atoms with van der Waals surface area (Å²) in [4.78, 5) is 24.3. The molecule has 0 bridgehead atoms. The van der Waals surface area contributed by atoms with Crippen LogP contribution in [0.5, 0.6) is 0 Å². The molecular weight excluding hydrogens is 206 g/mol. The van der Waals surface area contributed by atoms with Crippen molar-refractivity contribution in [2.45, 2.75) is 39.2 Å². The van der Waals surface area contributed by atoms with Gasteiger partial charge in [-0.3, -0.25) is 9.59 Å². The molecule has 1 aliphatic rings. The third-order valence-electron chi connectivity index (χ3n) is 2.83. The fraction of sp³-hybridized carbons (Fsp3) is 0.667. The molecule has 0 aromatic rings. The van der Waals surface area contributed by atoms with Crippen LogP contribution >= 0.6 is 0 Å². The Kier molecular flexibility index (Phi) is 4.52. The zero-order valence-electron chi connectivity index (χ0n) is 9.85. The van der Waals surface area contributed by atoms with Crippen molar-refractivity contribution in [3.05, 3.63) is 12.2 Å². The van der Waals surface area contributed by atoms with Gasteiger partial charge in [0.15, 0.2) is 0 Å². The molecule has 0 atom stereocenters. The second-order valence-electron chi connectivity index (χ2n) is 4.41. The Bertz CT molecular complexity index is 289. The van der Waals surface area contributed by atoms with Gasteiger partial charge in [-0.25, -0.2) is 0 Å². The minimum Gasteiger partial charge on any atom is -0.481 e. The Labute approximate surface area is 95.9 Å².